The molecule has 1 heterocycles. The van der Waals surface area contributed by atoms with E-state index in [1.165, 1.54) is 17.7 Å². The van der Waals surface area contributed by atoms with Gasteiger partial charge in [0.2, 0.25) is 0 Å². The Balaban J connectivity index is 0.00000112. The van der Waals surface area contributed by atoms with Gasteiger partial charge in [-0.05, 0) is 26.7 Å². The van der Waals surface area contributed by atoms with Crippen molar-refractivity contribution in [2.75, 3.05) is 5.73 Å². The van der Waals surface area contributed by atoms with Crippen LogP contribution in [0.15, 0.2) is 6.20 Å². The highest BCUT2D eigenvalue weighted by Gasteiger charge is 2.30. The Bertz CT molecular complexity index is 307. The average molecular weight is 248 g/mol. The quantitative estimate of drug-likeness (QED) is 0.889. The van der Waals surface area contributed by atoms with E-state index >= 15 is 0 Å². The van der Waals surface area contributed by atoms with Crippen molar-refractivity contribution < 1.29 is 0 Å². The minimum absolute atomic E-state index is 0. The van der Waals surface area contributed by atoms with Gasteiger partial charge in [0.05, 0.1) is 0 Å². The van der Waals surface area contributed by atoms with Gasteiger partial charge in [0.25, 0.3) is 0 Å². The highest BCUT2D eigenvalue weighted by atomic mass is 35.5. The van der Waals surface area contributed by atoms with Gasteiger partial charge in [-0.2, -0.15) is 0 Å². The zero-order chi connectivity index (χ0) is 10.1. The van der Waals surface area contributed by atoms with Crippen LogP contribution in [0.4, 0.5) is 5.13 Å². The van der Waals surface area contributed by atoms with Crippen LogP contribution in [-0.2, 0) is 6.54 Å². The van der Waals surface area contributed by atoms with Crippen LogP contribution >= 0.6 is 23.7 Å². The van der Waals surface area contributed by atoms with Gasteiger partial charge in [-0.25, -0.2) is 4.98 Å². The highest BCUT2D eigenvalue weighted by Crippen LogP contribution is 2.31. The maximum atomic E-state index is 5.61. The van der Waals surface area contributed by atoms with Crippen molar-refractivity contribution in [1.82, 2.24) is 9.88 Å². The summed E-state index contributed by atoms with van der Waals surface area (Å²) in [5, 5.41) is 0.680. The fourth-order valence-corrected chi connectivity index (χ4v) is 2.41. The molecular formula is C10H18ClN3S. The summed E-state index contributed by atoms with van der Waals surface area (Å²) < 4.78 is 0. The maximum Gasteiger partial charge on any atom is 0.180 e. The monoisotopic (exact) mass is 247 g/mol. The minimum Gasteiger partial charge on any atom is -0.375 e. The molecule has 0 spiro atoms. The van der Waals surface area contributed by atoms with E-state index < -0.39 is 0 Å². The molecule has 15 heavy (non-hydrogen) atoms. The van der Waals surface area contributed by atoms with Crippen LogP contribution in [0.5, 0.6) is 0 Å². The highest BCUT2D eigenvalue weighted by molar-refractivity contribution is 7.15. The fraction of sp³-hybridized carbons (Fsp3) is 0.700. The molecule has 0 unspecified atom stereocenters. The Morgan fingerprint density at radius 3 is 2.67 bits per heavy atom. The zero-order valence-corrected chi connectivity index (χ0v) is 10.8. The summed E-state index contributed by atoms with van der Waals surface area (Å²) >= 11 is 1.60. The number of hydrogen-bond donors (Lipinski definition) is 1. The number of aromatic nitrogens is 1. The molecule has 0 amide bonds. The molecule has 1 saturated carbocycles. The minimum atomic E-state index is 0. The van der Waals surface area contributed by atoms with Gasteiger partial charge in [0, 0.05) is 29.7 Å². The largest absolute Gasteiger partial charge is 0.375 e. The van der Waals surface area contributed by atoms with E-state index in [-0.39, 0.29) is 12.4 Å². The molecule has 1 aliphatic rings. The van der Waals surface area contributed by atoms with Crippen LogP contribution in [0.25, 0.3) is 0 Å². The fourth-order valence-electron chi connectivity index (χ4n) is 1.72. The normalized spacial score (nSPS) is 15.7. The van der Waals surface area contributed by atoms with Crippen molar-refractivity contribution in [2.45, 2.75) is 45.3 Å². The molecule has 1 aromatic rings. The second kappa shape index (κ2) is 5.14. The van der Waals surface area contributed by atoms with Crippen molar-refractivity contribution in [3.63, 3.8) is 0 Å². The van der Waals surface area contributed by atoms with Gasteiger partial charge >= 0.3 is 0 Å². The van der Waals surface area contributed by atoms with E-state index in [4.69, 9.17) is 5.73 Å². The molecule has 0 saturated heterocycles. The van der Waals surface area contributed by atoms with Gasteiger partial charge in [-0.1, -0.05) is 0 Å². The molecule has 1 aromatic heterocycles. The van der Waals surface area contributed by atoms with Crippen LogP contribution < -0.4 is 5.73 Å². The van der Waals surface area contributed by atoms with Gasteiger partial charge < -0.3 is 5.73 Å². The topological polar surface area (TPSA) is 42.2 Å². The van der Waals surface area contributed by atoms with E-state index in [1.54, 1.807) is 11.3 Å². The second-order valence-corrected chi connectivity index (χ2v) is 5.31. The third-order valence-corrected chi connectivity index (χ3v) is 3.40. The number of anilines is 1. The van der Waals surface area contributed by atoms with Crippen molar-refractivity contribution in [2.24, 2.45) is 0 Å². The van der Waals surface area contributed by atoms with Crippen LogP contribution in [0.3, 0.4) is 0 Å². The van der Waals surface area contributed by atoms with E-state index in [1.807, 2.05) is 6.20 Å². The summed E-state index contributed by atoms with van der Waals surface area (Å²) in [4.78, 5) is 7.89. The number of hydrogen-bond acceptors (Lipinski definition) is 4. The predicted octanol–water partition coefficient (Wildman–Crippen LogP) is 2.52. The molecule has 0 atom stereocenters. The number of halogens is 1. The molecule has 0 radical (unpaired) electrons. The molecule has 0 aromatic carbocycles. The van der Waals surface area contributed by atoms with Crippen LogP contribution in [0.2, 0.25) is 0 Å². The third-order valence-electron chi connectivity index (χ3n) is 2.59. The van der Waals surface area contributed by atoms with Gasteiger partial charge in [0.15, 0.2) is 5.13 Å². The molecule has 86 valence electrons. The second-order valence-electron chi connectivity index (χ2n) is 4.16. The lowest BCUT2D eigenvalue weighted by Gasteiger charge is -2.25. The summed E-state index contributed by atoms with van der Waals surface area (Å²) in [6.07, 6.45) is 4.61. The van der Waals surface area contributed by atoms with Crippen molar-refractivity contribution >= 4 is 28.9 Å². The molecule has 2 rings (SSSR count). The molecule has 0 aliphatic heterocycles. The van der Waals surface area contributed by atoms with Crippen LogP contribution in [0, 0.1) is 0 Å². The van der Waals surface area contributed by atoms with Crippen LogP contribution in [0.1, 0.15) is 31.6 Å². The maximum absolute atomic E-state index is 5.61. The Hall–Kier alpha value is -0.320. The van der Waals surface area contributed by atoms with Crippen molar-refractivity contribution in [3.05, 3.63) is 11.1 Å². The molecule has 3 nitrogen and oxygen atoms in total. The average Bonchev–Trinajstić information content (AvgIpc) is 2.86. The SMILES string of the molecule is CC(C)N(Cc1cnc(N)s1)C1CC1.Cl. The number of nitrogens with zero attached hydrogens (tertiary/aromatic N) is 2. The Morgan fingerprint density at radius 1 is 1.60 bits per heavy atom. The summed E-state index contributed by atoms with van der Waals surface area (Å²) in [6.45, 7) is 5.52. The van der Waals surface area contributed by atoms with Gasteiger partial charge in [-0.15, -0.1) is 23.7 Å². The summed E-state index contributed by atoms with van der Waals surface area (Å²) in [6, 6.07) is 1.42. The lowest BCUT2D eigenvalue weighted by Crippen LogP contribution is -2.31. The van der Waals surface area contributed by atoms with Crippen LogP contribution in [-0.4, -0.2) is 22.0 Å². The summed E-state index contributed by atoms with van der Waals surface area (Å²) in [5.74, 6) is 0. The molecule has 1 fully saturated rings. The number of nitrogen functional groups attached to an aromatic ring is 1. The van der Waals surface area contributed by atoms with E-state index in [0.29, 0.717) is 11.2 Å². The first-order valence-corrected chi connectivity index (χ1v) is 5.94. The van der Waals surface area contributed by atoms with Crippen molar-refractivity contribution in [1.29, 1.82) is 0 Å². The molecule has 2 N–H and O–H groups in total. The molecular weight excluding hydrogens is 230 g/mol. The Morgan fingerprint density at radius 2 is 2.27 bits per heavy atom. The Kier molecular flexibility index (Phi) is 4.37. The molecule has 1 aliphatic carbocycles. The lowest BCUT2D eigenvalue weighted by molar-refractivity contribution is 0.204. The zero-order valence-electron chi connectivity index (χ0n) is 9.14. The Labute approximate surface area is 101 Å². The number of rotatable bonds is 4. The first kappa shape index (κ1) is 12.7. The standard InChI is InChI=1S/C10H17N3S.ClH/c1-7(2)13(8-3-4-8)6-9-5-12-10(11)14-9;/h5,7-8H,3-4,6H2,1-2H3,(H2,11,12);1H. The third kappa shape index (κ3) is 3.33. The van der Waals surface area contributed by atoms with E-state index in [2.05, 4.69) is 23.7 Å². The molecule has 0 bridgehead atoms. The first-order chi connectivity index (χ1) is 6.66. The predicted molar refractivity (Wildman–Crippen MR) is 67.5 cm³/mol. The number of nitrogens with two attached hydrogens (primary N) is 1. The molecule has 5 heteroatoms. The smallest absolute Gasteiger partial charge is 0.180 e. The summed E-state index contributed by atoms with van der Waals surface area (Å²) in [7, 11) is 0. The summed E-state index contributed by atoms with van der Waals surface area (Å²) in [5.41, 5.74) is 5.61. The van der Waals surface area contributed by atoms with Crippen molar-refractivity contribution in [3.8, 4) is 0 Å². The van der Waals surface area contributed by atoms with E-state index in [9.17, 15) is 0 Å². The van der Waals surface area contributed by atoms with E-state index in [0.717, 1.165) is 12.6 Å². The van der Waals surface area contributed by atoms with Gasteiger partial charge in [-0.3, -0.25) is 4.90 Å². The van der Waals surface area contributed by atoms with Gasteiger partial charge in [0.1, 0.15) is 0 Å². The number of thiazole rings is 1. The lowest BCUT2D eigenvalue weighted by atomic mass is 10.3. The first-order valence-electron chi connectivity index (χ1n) is 5.12.